The molecule has 1 aliphatic carbocycles. The molecule has 1 aliphatic rings. The zero-order chi connectivity index (χ0) is 13.7. The third-order valence-corrected chi connectivity index (χ3v) is 4.10. The quantitative estimate of drug-likeness (QED) is 0.822. The monoisotopic (exact) mass is 261 g/mol. The molecule has 1 amide bonds. The molecular formula is C15H23N3O. The number of aromatic nitrogens is 1. The Morgan fingerprint density at radius 2 is 2.00 bits per heavy atom. The van der Waals surface area contributed by atoms with Crippen LogP contribution in [0.3, 0.4) is 0 Å². The summed E-state index contributed by atoms with van der Waals surface area (Å²) in [5.41, 5.74) is 7.22. The first kappa shape index (κ1) is 14.0. The van der Waals surface area contributed by atoms with Crippen molar-refractivity contribution in [1.82, 2.24) is 4.98 Å². The average molecular weight is 261 g/mol. The van der Waals surface area contributed by atoms with Crippen LogP contribution in [0, 0.1) is 12.3 Å². The van der Waals surface area contributed by atoms with Crippen molar-refractivity contribution >= 4 is 11.6 Å². The Morgan fingerprint density at radius 3 is 2.53 bits per heavy atom. The molecule has 104 valence electrons. The van der Waals surface area contributed by atoms with E-state index in [4.69, 9.17) is 5.73 Å². The molecule has 0 aliphatic heterocycles. The van der Waals surface area contributed by atoms with Gasteiger partial charge in [-0.2, -0.15) is 0 Å². The van der Waals surface area contributed by atoms with Gasteiger partial charge >= 0.3 is 0 Å². The lowest BCUT2D eigenvalue weighted by molar-refractivity contribution is -0.125. The van der Waals surface area contributed by atoms with E-state index >= 15 is 0 Å². The Kier molecular flexibility index (Phi) is 4.53. The average Bonchev–Trinajstić information content (AvgIpc) is 2.67. The topological polar surface area (TPSA) is 68.0 Å². The van der Waals surface area contributed by atoms with Gasteiger partial charge in [0.05, 0.1) is 17.3 Å². The lowest BCUT2D eigenvalue weighted by atomic mass is 9.79. The van der Waals surface area contributed by atoms with E-state index in [0.717, 1.165) is 37.1 Å². The summed E-state index contributed by atoms with van der Waals surface area (Å²) in [5, 5.41) is 2.98. The molecule has 0 saturated heterocycles. The van der Waals surface area contributed by atoms with E-state index in [0.29, 0.717) is 6.54 Å². The van der Waals surface area contributed by atoms with Gasteiger partial charge in [-0.15, -0.1) is 0 Å². The maximum Gasteiger partial charge on any atom is 0.231 e. The van der Waals surface area contributed by atoms with Gasteiger partial charge in [0, 0.05) is 12.2 Å². The van der Waals surface area contributed by atoms with Gasteiger partial charge in [0.15, 0.2) is 0 Å². The van der Waals surface area contributed by atoms with E-state index in [1.807, 2.05) is 19.1 Å². The number of aryl methyl sites for hydroxylation is 1. The van der Waals surface area contributed by atoms with Crippen LogP contribution in [0.5, 0.6) is 0 Å². The van der Waals surface area contributed by atoms with E-state index in [2.05, 4.69) is 10.3 Å². The van der Waals surface area contributed by atoms with Gasteiger partial charge in [-0.1, -0.05) is 25.7 Å². The highest BCUT2D eigenvalue weighted by atomic mass is 16.2. The fourth-order valence-electron chi connectivity index (χ4n) is 2.73. The number of pyridine rings is 1. The van der Waals surface area contributed by atoms with Crippen LogP contribution in [0.4, 0.5) is 5.69 Å². The second-order valence-corrected chi connectivity index (χ2v) is 5.54. The molecule has 0 radical (unpaired) electrons. The predicted molar refractivity (Wildman–Crippen MR) is 76.8 cm³/mol. The molecule has 1 aromatic rings. The lowest BCUT2D eigenvalue weighted by Crippen LogP contribution is -2.42. The number of nitrogens with one attached hydrogen (secondary N) is 1. The van der Waals surface area contributed by atoms with Crippen molar-refractivity contribution in [2.24, 2.45) is 11.1 Å². The van der Waals surface area contributed by atoms with Crippen LogP contribution in [0.1, 0.15) is 44.2 Å². The molecule has 1 fully saturated rings. The van der Waals surface area contributed by atoms with Crippen LogP contribution in [0.2, 0.25) is 0 Å². The standard InChI is InChI=1S/C15H23N3O/c1-12-6-7-13(10-17-12)18-14(19)15(11-16)8-4-2-3-5-9-15/h6-7,10H,2-5,8-9,11,16H2,1H3,(H,18,19). The molecule has 19 heavy (non-hydrogen) atoms. The molecular weight excluding hydrogens is 238 g/mol. The highest BCUT2D eigenvalue weighted by Crippen LogP contribution is 2.35. The normalized spacial score (nSPS) is 18.6. The molecule has 1 aromatic heterocycles. The van der Waals surface area contributed by atoms with E-state index < -0.39 is 0 Å². The fraction of sp³-hybridized carbons (Fsp3) is 0.600. The fourth-order valence-corrected chi connectivity index (χ4v) is 2.73. The Balaban J connectivity index is 2.09. The minimum atomic E-state index is -0.388. The number of carbonyl (C=O) groups is 1. The number of rotatable bonds is 3. The van der Waals surface area contributed by atoms with Gasteiger partial charge < -0.3 is 11.1 Å². The van der Waals surface area contributed by atoms with E-state index in [1.165, 1.54) is 12.8 Å². The zero-order valence-electron chi connectivity index (χ0n) is 11.6. The first-order valence-electron chi connectivity index (χ1n) is 7.10. The van der Waals surface area contributed by atoms with Gasteiger partial charge in [0.2, 0.25) is 5.91 Å². The second kappa shape index (κ2) is 6.15. The van der Waals surface area contributed by atoms with Crippen molar-refractivity contribution in [3.63, 3.8) is 0 Å². The molecule has 0 atom stereocenters. The number of amides is 1. The number of carbonyl (C=O) groups excluding carboxylic acids is 1. The summed E-state index contributed by atoms with van der Waals surface area (Å²) >= 11 is 0. The molecule has 4 heteroatoms. The zero-order valence-corrected chi connectivity index (χ0v) is 11.6. The molecule has 0 spiro atoms. The molecule has 2 rings (SSSR count). The number of nitrogens with two attached hydrogens (primary N) is 1. The minimum absolute atomic E-state index is 0.0579. The second-order valence-electron chi connectivity index (χ2n) is 5.54. The lowest BCUT2D eigenvalue weighted by Gasteiger charge is -2.29. The molecule has 0 unspecified atom stereocenters. The van der Waals surface area contributed by atoms with Crippen molar-refractivity contribution in [3.05, 3.63) is 24.0 Å². The first-order chi connectivity index (χ1) is 9.16. The molecule has 0 bridgehead atoms. The predicted octanol–water partition coefficient (Wildman–Crippen LogP) is 2.63. The molecule has 0 aromatic carbocycles. The highest BCUT2D eigenvalue weighted by Gasteiger charge is 2.37. The van der Waals surface area contributed by atoms with E-state index in [9.17, 15) is 4.79 Å². The Morgan fingerprint density at radius 1 is 1.32 bits per heavy atom. The van der Waals surface area contributed by atoms with Crippen molar-refractivity contribution in [1.29, 1.82) is 0 Å². The van der Waals surface area contributed by atoms with E-state index in [-0.39, 0.29) is 11.3 Å². The van der Waals surface area contributed by atoms with Crippen molar-refractivity contribution in [3.8, 4) is 0 Å². The van der Waals surface area contributed by atoms with Crippen molar-refractivity contribution in [2.45, 2.75) is 45.4 Å². The summed E-state index contributed by atoms with van der Waals surface area (Å²) in [7, 11) is 0. The molecule has 1 saturated carbocycles. The van der Waals surface area contributed by atoms with Crippen LogP contribution in [0.25, 0.3) is 0 Å². The van der Waals surface area contributed by atoms with Crippen molar-refractivity contribution in [2.75, 3.05) is 11.9 Å². The number of nitrogens with zero attached hydrogens (tertiary/aromatic N) is 1. The molecule has 3 N–H and O–H groups in total. The van der Waals surface area contributed by atoms with Gasteiger partial charge in [-0.25, -0.2) is 0 Å². The van der Waals surface area contributed by atoms with Crippen LogP contribution in [-0.4, -0.2) is 17.4 Å². The summed E-state index contributed by atoms with van der Waals surface area (Å²) in [5.74, 6) is 0.0579. The van der Waals surface area contributed by atoms with Gasteiger partial charge in [0.1, 0.15) is 0 Å². The first-order valence-corrected chi connectivity index (χ1v) is 7.10. The third-order valence-electron chi connectivity index (χ3n) is 4.10. The summed E-state index contributed by atoms with van der Waals surface area (Å²) in [6.07, 6.45) is 8.10. The van der Waals surface area contributed by atoms with Gasteiger partial charge in [-0.05, 0) is 31.9 Å². The van der Waals surface area contributed by atoms with Crippen LogP contribution < -0.4 is 11.1 Å². The van der Waals surface area contributed by atoms with Gasteiger partial charge in [-0.3, -0.25) is 9.78 Å². The number of hydrogen-bond donors (Lipinski definition) is 2. The summed E-state index contributed by atoms with van der Waals surface area (Å²) < 4.78 is 0. The molecule has 4 nitrogen and oxygen atoms in total. The number of anilines is 1. The maximum atomic E-state index is 12.5. The summed E-state index contributed by atoms with van der Waals surface area (Å²) in [6, 6.07) is 3.79. The largest absolute Gasteiger partial charge is 0.329 e. The van der Waals surface area contributed by atoms with Crippen molar-refractivity contribution < 1.29 is 4.79 Å². The number of hydrogen-bond acceptors (Lipinski definition) is 3. The molecule has 1 heterocycles. The Bertz CT molecular complexity index is 420. The third kappa shape index (κ3) is 3.32. The van der Waals surface area contributed by atoms with Crippen LogP contribution >= 0.6 is 0 Å². The summed E-state index contributed by atoms with van der Waals surface area (Å²) in [6.45, 7) is 2.36. The smallest absolute Gasteiger partial charge is 0.231 e. The summed E-state index contributed by atoms with van der Waals surface area (Å²) in [4.78, 5) is 16.7. The Labute approximate surface area is 114 Å². The van der Waals surface area contributed by atoms with Gasteiger partial charge in [0.25, 0.3) is 0 Å². The van der Waals surface area contributed by atoms with Crippen LogP contribution in [0.15, 0.2) is 18.3 Å². The maximum absolute atomic E-state index is 12.5. The minimum Gasteiger partial charge on any atom is -0.329 e. The highest BCUT2D eigenvalue weighted by molar-refractivity contribution is 5.95. The van der Waals surface area contributed by atoms with Crippen LogP contribution in [-0.2, 0) is 4.79 Å². The SMILES string of the molecule is Cc1ccc(NC(=O)C2(CN)CCCCCC2)cn1. The van der Waals surface area contributed by atoms with E-state index in [1.54, 1.807) is 6.20 Å². The Hall–Kier alpha value is -1.42.